The molecule has 2 aromatic rings. The largest absolute Gasteiger partial charge is 0.296 e. The summed E-state index contributed by atoms with van der Waals surface area (Å²) < 4.78 is 24.6. The normalized spacial score (nSPS) is 11.3. The monoisotopic (exact) mass is 338 g/mol. The third-order valence-electron chi connectivity index (χ3n) is 1.72. The summed E-state index contributed by atoms with van der Waals surface area (Å²) in [6, 6.07) is 3.19. The molecule has 1 amide bonds. The molecule has 0 atom stereocenters. The number of carbonyl (C=O) groups excluding carboxylic acids is 1. The Morgan fingerprint density at radius 1 is 1.26 bits per heavy atom. The summed E-state index contributed by atoms with van der Waals surface area (Å²) in [7, 11) is -3.41. The van der Waals surface area contributed by atoms with Crippen molar-refractivity contribution in [2.24, 2.45) is 0 Å². The van der Waals surface area contributed by atoms with Crippen molar-refractivity contribution in [3.8, 4) is 0 Å². The van der Waals surface area contributed by atoms with Crippen molar-refractivity contribution in [3.63, 3.8) is 0 Å². The fraction of sp³-hybridized carbons (Fsp3) is 0.125. The quantitative estimate of drug-likeness (QED) is 0.886. The van der Waals surface area contributed by atoms with Gasteiger partial charge in [-0.05, 0) is 12.1 Å². The summed E-state index contributed by atoms with van der Waals surface area (Å²) in [5, 5.41) is 10.0. The van der Waals surface area contributed by atoms with E-state index in [1.807, 2.05) is 0 Å². The predicted octanol–water partition coefficient (Wildman–Crippen LogP) is 1.88. The molecular formula is C8H7ClN4O3S3. The fourth-order valence-corrected chi connectivity index (χ4v) is 3.48. The van der Waals surface area contributed by atoms with E-state index in [0.717, 1.165) is 28.9 Å². The van der Waals surface area contributed by atoms with E-state index < -0.39 is 10.0 Å². The third kappa shape index (κ3) is 4.13. The highest BCUT2D eigenvalue weighted by Gasteiger charge is 2.13. The van der Waals surface area contributed by atoms with Gasteiger partial charge < -0.3 is 0 Å². The van der Waals surface area contributed by atoms with Crippen LogP contribution < -0.4 is 10.0 Å². The summed E-state index contributed by atoms with van der Waals surface area (Å²) >= 11 is 7.77. The summed E-state index contributed by atoms with van der Waals surface area (Å²) in [5.41, 5.74) is 0. The number of aromatic nitrogens is 2. The topological polar surface area (TPSA) is 101 Å². The van der Waals surface area contributed by atoms with Crippen LogP contribution in [0.1, 0.15) is 9.67 Å². The Bertz CT molecular complexity index is 708. The first-order valence-corrected chi connectivity index (χ1v) is 8.62. The third-order valence-corrected chi connectivity index (χ3v) is 4.39. The number of sulfonamides is 1. The van der Waals surface area contributed by atoms with Gasteiger partial charge >= 0.3 is 0 Å². The molecule has 102 valence electrons. The van der Waals surface area contributed by atoms with Gasteiger partial charge in [0.1, 0.15) is 0 Å². The average Bonchev–Trinajstić information content (AvgIpc) is 2.85. The molecule has 0 aliphatic carbocycles. The van der Waals surface area contributed by atoms with Crippen molar-refractivity contribution in [3.05, 3.63) is 21.3 Å². The molecule has 0 bridgehead atoms. The van der Waals surface area contributed by atoms with Gasteiger partial charge in [0.05, 0.1) is 15.5 Å². The van der Waals surface area contributed by atoms with Gasteiger partial charge in [0.2, 0.25) is 20.3 Å². The number of amides is 1. The summed E-state index contributed by atoms with van der Waals surface area (Å²) in [6.45, 7) is 0. The number of halogens is 1. The Balaban J connectivity index is 2.06. The minimum atomic E-state index is -3.41. The SMILES string of the molecule is CS(=O)(=O)Nc1nnc(NC(=O)c2ccc(Cl)s2)s1. The second-order valence-corrected chi connectivity index (χ2v) is 7.79. The maximum absolute atomic E-state index is 11.8. The maximum atomic E-state index is 11.8. The molecule has 0 radical (unpaired) electrons. The van der Waals surface area contributed by atoms with Crippen LogP contribution in [-0.4, -0.2) is 30.8 Å². The molecule has 2 rings (SSSR count). The van der Waals surface area contributed by atoms with Gasteiger partial charge in [-0.1, -0.05) is 22.9 Å². The highest BCUT2D eigenvalue weighted by atomic mass is 35.5. The van der Waals surface area contributed by atoms with E-state index in [0.29, 0.717) is 9.21 Å². The lowest BCUT2D eigenvalue weighted by Crippen LogP contribution is -2.09. The zero-order valence-electron chi connectivity index (χ0n) is 9.38. The van der Waals surface area contributed by atoms with Crippen molar-refractivity contribution < 1.29 is 13.2 Å². The molecule has 0 aliphatic rings. The molecular weight excluding hydrogens is 332 g/mol. The number of nitrogens with one attached hydrogen (secondary N) is 2. The Labute approximate surface area is 121 Å². The molecule has 7 nitrogen and oxygen atoms in total. The Hall–Kier alpha value is -1.23. The highest BCUT2D eigenvalue weighted by molar-refractivity contribution is 7.92. The van der Waals surface area contributed by atoms with Crippen LogP contribution in [0.15, 0.2) is 12.1 Å². The second-order valence-electron chi connectivity index (χ2n) is 3.34. The van der Waals surface area contributed by atoms with Gasteiger partial charge in [-0.2, -0.15) is 0 Å². The summed E-state index contributed by atoms with van der Waals surface area (Å²) in [6.07, 6.45) is 1.00. The molecule has 2 heterocycles. The highest BCUT2D eigenvalue weighted by Crippen LogP contribution is 2.24. The number of carbonyl (C=O) groups is 1. The summed E-state index contributed by atoms with van der Waals surface area (Å²) in [4.78, 5) is 12.2. The van der Waals surface area contributed by atoms with Crippen LogP contribution >= 0.6 is 34.3 Å². The van der Waals surface area contributed by atoms with Crippen LogP contribution in [-0.2, 0) is 10.0 Å². The second kappa shape index (κ2) is 5.41. The van der Waals surface area contributed by atoms with Crippen molar-refractivity contribution >= 4 is 60.5 Å². The van der Waals surface area contributed by atoms with E-state index in [-0.39, 0.29) is 16.2 Å². The first-order valence-electron chi connectivity index (χ1n) is 4.71. The first-order chi connectivity index (χ1) is 8.83. The van der Waals surface area contributed by atoms with Crippen molar-refractivity contribution in [1.82, 2.24) is 10.2 Å². The van der Waals surface area contributed by atoms with Crippen LogP contribution in [0.2, 0.25) is 4.34 Å². The molecule has 0 saturated carbocycles. The zero-order chi connectivity index (χ0) is 14.0. The molecule has 0 spiro atoms. The van der Waals surface area contributed by atoms with E-state index >= 15 is 0 Å². The lowest BCUT2D eigenvalue weighted by molar-refractivity contribution is 0.103. The standard InChI is InChI=1S/C8H7ClN4O3S3/c1-19(15,16)13-8-12-11-7(18-8)10-6(14)4-2-3-5(9)17-4/h2-3H,1H3,(H,12,13)(H,10,11,14). The fourth-order valence-electron chi connectivity index (χ4n) is 1.07. The smallest absolute Gasteiger partial charge is 0.267 e. The molecule has 0 saturated heterocycles. The number of rotatable bonds is 4. The Morgan fingerprint density at radius 3 is 2.53 bits per heavy atom. The van der Waals surface area contributed by atoms with Gasteiger partial charge in [-0.25, -0.2) is 8.42 Å². The van der Waals surface area contributed by atoms with Gasteiger partial charge in [-0.3, -0.25) is 14.8 Å². The average molecular weight is 339 g/mol. The first kappa shape index (κ1) is 14.2. The maximum Gasteiger partial charge on any atom is 0.267 e. The van der Waals surface area contributed by atoms with Gasteiger partial charge in [0, 0.05) is 0 Å². The molecule has 2 N–H and O–H groups in total. The van der Waals surface area contributed by atoms with Gasteiger partial charge in [0.25, 0.3) is 5.91 Å². The van der Waals surface area contributed by atoms with Crippen molar-refractivity contribution in [2.75, 3.05) is 16.3 Å². The molecule has 0 unspecified atom stereocenters. The van der Waals surface area contributed by atoms with Gasteiger partial charge in [-0.15, -0.1) is 21.5 Å². The van der Waals surface area contributed by atoms with Crippen LogP contribution in [0, 0.1) is 0 Å². The number of anilines is 2. The van der Waals surface area contributed by atoms with E-state index in [2.05, 4.69) is 20.2 Å². The van der Waals surface area contributed by atoms with E-state index in [9.17, 15) is 13.2 Å². The van der Waals surface area contributed by atoms with E-state index in [1.54, 1.807) is 12.1 Å². The lowest BCUT2D eigenvalue weighted by Gasteiger charge is -1.97. The Kier molecular flexibility index (Phi) is 4.04. The lowest BCUT2D eigenvalue weighted by atomic mass is 10.4. The molecule has 2 aromatic heterocycles. The Morgan fingerprint density at radius 2 is 1.95 bits per heavy atom. The van der Waals surface area contributed by atoms with E-state index in [1.165, 1.54) is 0 Å². The number of nitrogens with zero attached hydrogens (tertiary/aromatic N) is 2. The minimum absolute atomic E-state index is 0.0852. The number of hydrogen-bond donors (Lipinski definition) is 2. The zero-order valence-corrected chi connectivity index (χ0v) is 12.6. The van der Waals surface area contributed by atoms with Crippen molar-refractivity contribution in [1.29, 1.82) is 0 Å². The van der Waals surface area contributed by atoms with Crippen LogP contribution in [0.3, 0.4) is 0 Å². The summed E-state index contributed by atoms with van der Waals surface area (Å²) in [5.74, 6) is -0.376. The van der Waals surface area contributed by atoms with E-state index in [4.69, 9.17) is 11.6 Å². The molecule has 0 fully saturated rings. The number of hydrogen-bond acceptors (Lipinski definition) is 7. The minimum Gasteiger partial charge on any atom is -0.296 e. The van der Waals surface area contributed by atoms with Crippen LogP contribution in [0.5, 0.6) is 0 Å². The van der Waals surface area contributed by atoms with Gasteiger partial charge in [0.15, 0.2) is 0 Å². The molecule has 19 heavy (non-hydrogen) atoms. The van der Waals surface area contributed by atoms with Crippen LogP contribution in [0.25, 0.3) is 0 Å². The molecule has 0 aromatic carbocycles. The number of thiophene rings is 1. The molecule has 0 aliphatic heterocycles. The van der Waals surface area contributed by atoms with Crippen molar-refractivity contribution in [2.45, 2.75) is 0 Å². The molecule has 11 heteroatoms. The van der Waals surface area contributed by atoms with Crippen LogP contribution in [0.4, 0.5) is 10.3 Å². The predicted molar refractivity (Wildman–Crippen MR) is 75.7 cm³/mol.